The van der Waals surface area contributed by atoms with E-state index in [4.69, 9.17) is 10.7 Å². The molecule has 1 aliphatic rings. The minimum absolute atomic E-state index is 0.557. The van der Waals surface area contributed by atoms with E-state index in [2.05, 4.69) is 42.2 Å². The fraction of sp³-hybridized carbons (Fsp3) is 0.471. The van der Waals surface area contributed by atoms with Crippen LogP contribution in [0.25, 0.3) is 10.9 Å². The number of fused-ring (bicyclic) bond motifs is 1. The molecule has 1 unspecified atom stereocenters. The topological polar surface area (TPSA) is 42.2 Å². The summed E-state index contributed by atoms with van der Waals surface area (Å²) in [5, 5.41) is 1.22. The maximum atomic E-state index is 5.78. The molecule has 0 aliphatic carbocycles. The molecule has 20 heavy (non-hydrogen) atoms. The molecular formula is C17H23N3. The van der Waals surface area contributed by atoms with Crippen molar-refractivity contribution >= 4 is 16.7 Å². The van der Waals surface area contributed by atoms with Crippen LogP contribution < -0.4 is 10.6 Å². The van der Waals surface area contributed by atoms with Crippen molar-refractivity contribution in [3.63, 3.8) is 0 Å². The van der Waals surface area contributed by atoms with E-state index in [1.165, 1.54) is 30.2 Å². The Balaban J connectivity index is 2.00. The highest BCUT2D eigenvalue weighted by molar-refractivity contribution is 5.81. The normalized spacial score (nSPS) is 19.5. The third-order valence-electron chi connectivity index (χ3n) is 4.29. The number of hydrogen-bond acceptors (Lipinski definition) is 3. The van der Waals surface area contributed by atoms with Gasteiger partial charge in [-0.05, 0) is 56.8 Å². The van der Waals surface area contributed by atoms with Crippen molar-refractivity contribution in [3.05, 3.63) is 35.9 Å². The summed E-state index contributed by atoms with van der Waals surface area (Å²) >= 11 is 0. The molecule has 3 rings (SSSR count). The molecule has 1 aromatic heterocycles. The van der Waals surface area contributed by atoms with Crippen molar-refractivity contribution in [2.45, 2.75) is 38.6 Å². The lowest BCUT2D eigenvalue weighted by molar-refractivity contribution is 0.438. The minimum atomic E-state index is 0.557. The smallest absolute Gasteiger partial charge is 0.132 e. The molecule has 0 amide bonds. The molecule has 1 saturated heterocycles. The molecule has 2 aromatic rings. The maximum Gasteiger partial charge on any atom is 0.132 e. The maximum absolute atomic E-state index is 5.78. The van der Waals surface area contributed by atoms with Crippen LogP contribution in [0.2, 0.25) is 0 Å². The van der Waals surface area contributed by atoms with Gasteiger partial charge in [0, 0.05) is 18.0 Å². The Morgan fingerprint density at radius 3 is 3.00 bits per heavy atom. The summed E-state index contributed by atoms with van der Waals surface area (Å²) in [4.78, 5) is 7.40. The van der Waals surface area contributed by atoms with Gasteiger partial charge in [0.25, 0.3) is 0 Å². The van der Waals surface area contributed by atoms with Gasteiger partial charge in [-0.2, -0.15) is 0 Å². The minimum Gasteiger partial charge on any atom is -0.353 e. The lowest BCUT2D eigenvalue weighted by Gasteiger charge is -2.37. The Kier molecular flexibility index (Phi) is 3.88. The number of piperidine rings is 1. The molecule has 0 saturated carbocycles. The number of nitrogens with zero attached hydrogens (tertiary/aromatic N) is 2. The Morgan fingerprint density at radius 1 is 1.30 bits per heavy atom. The first kappa shape index (κ1) is 13.4. The first-order valence-electron chi connectivity index (χ1n) is 7.62. The fourth-order valence-electron chi connectivity index (χ4n) is 3.27. The average molecular weight is 269 g/mol. The molecule has 0 radical (unpaired) electrons. The largest absolute Gasteiger partial charge is 0.353 e. The molecule has 2 heterocycles. The van der Waals surface area contributed by atoms with Gasteiger partial charge in [-0.15, -0.1) is 0 Å². The number of anilines is 1. The van der Waals surface area contributed by atoms with Crippen molar-refractivity contribution in [3.8, 4) is 0 Å². The summed E-state index contributed by atoms with van der Waals surface area (Å²) in [6, 6.07) is 11.2. The number of aryl methyl sites for hydroxylation is 1. The first-order chi connectivity index (χ1) is 9.79. The second-order valence-electron chi connectivity index (χ2n) is 5.74. The monoisotopic (exact) mass is 269 g/mol. The summed E-state index contributed by atoms with van der Waals surface area (Å²) in [6.07, 6.45) is 4.88. The van der Waals surface area contributed by atoms with E-state index in [1.807, 2.05) is 0 Å². The Morgan fingerprint density at radius 2 is 2.15 bits per heavy atom. The van der Waals surface area contributed by atoms with Crippen molar-refractivity contribution in [2.24, 2.45) is 5.73 Å². The summed E-state index contributed by atoms with van der Waals surface area (Å²) in [6.45, 7) is 4.04. The molecule has 3 heteroatoms. The number of para-hydroxylation sites is 1. The third-order valence-corrected chi connectivity index (χ3v) is 4.29. The Labute approximate surface area is 120 Å². The molecule has 106 valence electrons. The highest BCUT2D eigenvalue weighted by Crippen LogP contribution is 2.29. The van der Waals surface area contributed by atoms with E-state index in [9.17, 15) is 0 Å². The number of hydrogen-bond donors (Lipinski definition) is 1. The lowest BCUT2D eigenvalue weighted by Crippen LogP contribution is -2.41. The van der Waals surface area contributed by atoms with E-state index in [1.54, 1.807) is 0 Å². The van der Waals surface area contributed by atoms with E-state index < -0.39 is 0 Å². The third kappa shape index (κ3) is 2.50. The highest BCUT2D eigenvalue weighted by atomic mass is 15.2. The van der Waals surface area contributed by atoms with Gasteiger partial charge in [0.05, 0.1) is 5.52 Å². The summed E-state index contributed by atoms with van der Waals surface area (Å²) in [7, 11) is 0. The van der Waals surface area contributed by atoms with Crippen LogP contribution in [-0.2, 0) is 0 Å². The lowest BCUT2D eigenvalue weighted by atomic mass is 9.98. The molecule has 1 fully saturated rings. The molecule has 1 aliphatic heterocycles. The van der Waals surface area contributed by atoms with Gasteiger partial charge < -0.3 is 10.6 Å². The molecule has 0 bridgehead atoms. The number of nitrogens with two attached hydrogens (primary N) is 1. The zero-order chi connectivity index (χ0) is 13.9. The second-order valence-corrected chi connectivity index (χ2v) is 5.74. The molecular weight excluding hydrogens is 246 g/mol. The van der Waals surface area contributed by atoms with Gasteiger partial charge in [0.1, 0.15) is 5.82 Å². The van der Waals surface area contributed by atoms with Crippen LogP contribution in [-0.4, -0.2) is 24.1 Å². The van der Waals surface area contributed by atoms with Crippen molar-refractivity contribution in [2.75, 3.05) is 18.0 Å². The fourth-order valence-corrected chi connectivity index (χ4v) is 3.27. The molecule has 1 aromatic carbocycles. The van der Waals surface area contributed by atoms with E-state index >= 15 is 0 Å². The van der Waals surface area contributed by atoms with Crippen molar-refractivity contribution in [1.82, 2.24) is 4.98 Å². The standard InChI is InChI=1S/C17H23N3/c1-13-12-14-6-2-3-8-16(14)19-17(13)20-11-5-4-7-15(20)9-10-18/h2-3,6,8,12,15H,4-5,7,9-11,18H2,1H3. The number of rotatable bonds is 3. The zero-order valence-electron chi connectivity index (χ0n) is 12.2. The summed E-state index contributed by atoms with van der Waals surface area (Å²) < 4.78 is 0. The van der Waals surface area contributed by atoms with Crippen LogP contribution in [0.1, 0.15) is 31.2 Å². The van der Waals surface area contributed by atoms with Crippen molar-refractivity contribution < 1.29 is 0 Å². The van der Waals surface area contributed by atoms with Crippen molar-refractivity contribution in [1.29, 1.82) is 0 Å². The second kappa shape index (κ2) is 5.80. The Hall–Kier alpha value is -1.61. The molecule has 1 atom stereocenters. The van der Waals surface area contributed by atoms with Gasteiger partial charge >= 0.3 is 0 Å². The predicted molar refractivity (Wildman–Crippen MR) is 85.1 cm³/mol. The van der Waals surface area contributed by atoms with Crippen LogP contribution in [0.5, 0.6) is 0 Å². The van der Waals surface area contributed by atoms with E-state index in [-0.39, 0.29) is 0 Å². The number of benzene rings is 1. The summed E-state index contributed by atoms with van der Waals surface area (Å²) in [5.74, 6) is 1.15. The first-order valence-corrected chi connectivity index (χ1v) is 7.62. The van der Waals surface area contributed by atoms with Crippen LogP contribution >= 0.6 is 0 Å². The van der Waals surface area contributed by atoms with Gasteiger partial charge in [-0.3, -0.25) is 0 Å². The number of aromatic nitrogens is 1. The molecule has 3 nitrogen and oxygen atoms in total. The van der Waals surface area contributed by atoms with Gasteiger partial charge in [0.15, 0.2) is 0 Å². The van der Waals surface area contributed by atoms with Gasteiger partial charge in [-0.25, -0.2) is 4.98 Å². The SMILES string of the molecule is Cc1cc2ccccc2nc1N1CCCCC1CCN. The number of pyridine rings is 1. The quantitative estimate of drug-likeness (QED) is 0.930. The highest BCUT2D eigenvalue weighted by Gasteiger charge is 2.24. The van der Waals surface area contributed by atoms with Crippen LogP contribution in [0.4, 0.5) is 5.82 Å². The van der Waals surface area contributed by atoms with Crippen LogP contribution in [0.3, 0.4) is 0 Å². The van der Waals surface area contributed by atoms with Crippen LogP contribution in [0, 0.1) is 6.92 Å². The Bertz CT molecular complexity index is 592. The van der Waals surface area contributed by atoms with Crippen LogP contribution in [0.15, 0.2) is 30.3 Å². The zero-order valence-corrected chi connectivity index (χ0v) is 12.2. The average Bonchev–Trinajstić information content (AvgIpc) is 2.48. The van der Waals surface area contributed by atoms with Gasteiger partial charge in [0.2, 0.25) is 0 Å². The summed E-state index contributed by atoms with van der Waals surface area (Å²) in [5.41, 5.74) is 8.14. The van der Waals surface area contributed by atoms with E-state index in [0.717, 1.165) is 30.8 Å². The van der Waals surface area contributed by atoms with Gasteiger partial charge in [-0.1, -0.05) is 18.2 Å². The molecule has 2 N–H and O–H groups in total. The van der Waals surface area contributed by atoms with E-state index in [0.29, 0.717) is 6.04 Å². The molecule has 0 spiro atoms. The predicted octanol–water partition coefficient (Wildman–Crippen LogP) is 3.25.